The topological polar surface area (TPSA) is 102 Å². The van der Waals surface area contributed by atoms with Crippen LogP contribution in [-0.4, -0.2) is 46.4 Å². The minimum atomic E-state index is -0.513. The fourth-order valence-electron chi connectivity index (χ4n) is 3.60. The second-order valence-corrected chi connectivity index (χ2v) is 12.6. The predicted molar refractivity (Wildman–Crippen MR) is 191 cm³/mol. The lowest BCUT2D eigenvalue weighted by atomic mass is 10.0. The van der Waals surface area contributed by atoms with Crippen molar-refractivity contribution in [3.63, 3.8) is 0 Å². The summed E-state index contributed by atoms with van der Waals surface area (Å²) in [7, 11) is 0. The molecule has 0 bridgehead atoms. The number of halogens is 1. The van der Waals surface area contributed by atoms with E-state index in [-0.39, 0.29) is 13.1 Å². The van der Waals surface area contributed by atoms with Crippen molar-refractivity contribution in [2.45, 2.75) is 52.7 Å². The Bertz CT molecular complexity index is 1660. The van der Waals surface area contributed by atoms with Gasteiger partial charge in [-0.05, 0) is 86.3 Å². The highest BCUT2D eigenvalue weighted by Gasteiger charge is 2.15. The van der Waals surface area contributed by atoms with Crippen molar-refractivity contribution >= 4 is 28.1 Å². The number of nitrogens with one attached hydrogen (secondary N) is 2. The van der Waals surface area contributed by atoms with Gasteiger partial charge in [-0.2, -0.15) is 0 Å². The fraction of sp³-hybridized carbons (Fsp3) is 0.263. The third kappa shape index (κ3) is 16.1. The van der Waals surface area contributed by atoms with Crippen molar-refractivity contribution < 1.29 is 19.1 Å². The highest BCUT2D eigenvalue weighted by atomic mass is 79.9. The molecule has 0 saturated carbocycles. The second kappa shape index (κ2) is 19.4. The monoisotopic (exact) mass is 696 g/mol. The van der Waals surface area contributed by atoms with Crippen LogP contribution in [0.3, 0.4) is 0 Å². The molecular formula is C38H41BrN4O4. The number of aromatic nitrogens is 2. The zero-order valence-corrected chi connectivity index (χ0v) is 29.2. The van der Waals surface area contributed by atoms with Gasteiger partial charge in [0.25, 0.3) is 0 Å². The molecule has 2 amide bonds. The van der Waals surface area contributed by atoms with Crippen LogP contribution in [0.4, 0.5) is 9.59 Å². The SMILES string of the molecule is Brc1cnccc1-c1ccccc1.C#CCNC(=O)OC(C)(C)C.CC(C)(C)OC(=O)NCC#Cc1cnccc1-c1ccccc1. The standard InChI is InChI=1S/C19H20N2O2.C11H8BrN.C8H13NO2/c1-19(2,3)23-18(22)21-12-7-10-16-14-20-13-11-17(16)15-8-5-4-6-9-15;12-11-8-13-7-6-10(11)9-4-2-1-3-5-9;1-5-6-9-7(10)11-8(2,3)4/h4-6,8-9,11,13-14H,12H2,1-3H3,(H,21,22);1-8H;1H,6H2,2-4H3,(H,9,10). The molecule has 0 aliphatic heterocycles. The van der Waals surface area contributed by atoms with Crippen molar-refractivity contribution in [2.24, 2.45) is 0 Å². The number of pyridine rings is 2. The molecule has 0 radical (unpaired) electrons. The molecule has 2 aromatic heterocycles. The van der Waals surface area contributed by atoms with Gasteiger partial charge >= 0.3 is 12.2 Å². The molecule has 4 rings (SSSR count). The molecule has 0 aliphatic carbocycles. The van der Waals surface area contributed by atoms with Gasteiger partial charge in [-0.15, -0.1) is 6.42 Å². The average molecular weight is 698 g/mol. The van der Waals surface area contributed by atoms with Gasteiger partial charge in [0, 0.05) is 34.8 Å². The number of carbonyl (C=O) groups is 2. The van der Waals surface area contributed by atoms with E-state index in [0.717, 1.165) is 21.2 Å². The maximum Gasteiger partial charge on any atom is 0.408 e. The Labute approximate surface area is 286 Å². The Hall–Kier alpha value is -5.12. The number of ether oxygens (including phenoxy) is 2. The van der Waals surface area contributed by atoms with Gasteiger partial charge in [0.2, 0.25) is 0 Å². The molecule has 0 saturated heterocycles. The Morgan fingerprint density at radius 2 is 1.19 bits per heavy atom. The Morgan fingerprint density at radius 1 is 0.723 bits per heavy atom. The minimum Gasteiger partial charge on any atom is -0.444 e. The third-order valence-corrected chi connectivity index (χ3v) is 6.07. The predicted octanol–water partition coefficient (Wildman–Crippen LogP) is 8.28. The molecular weight excluding hydrogens is 656 g/mol. The molecule has 2 aromatic carbocycles. The smallest absolute Gasteiger partial charge is 0.408 e. The molecule has 9 heteroatoms. The van der Waals surface area contributed by atoms with Gasteiger partial charge in [-0.3, -0.25) is 9.97 Å². The quantitative estimate of drug-likeness (QED) is 0.208. The molecule has 0 unspecified atom stereocenters. The van der Waals surface area contributed by atoms with Gasteiger partial charge < -0.3 is 20.1 Å². The first-order chi connectivity index (χ1) is 22.3. The van der Waals surface area contributed by atoms with E-state index >= 15 is 0 Å². The van der Waals surface area contributed by atoms with E-state index in [0.29, 0.717) is 0 Å². The molecule has 2 heterocycles. The Morgan fingerprint density at radius 3 is 1.68 bits per heavy atom. The van der Waals surface area contributed by atoms with Gasteiger partial charge in [0.15, 0.2) is 0 Å². The lowest BCUT2D eigenvalue weighted by molar-refractivity contribution is 0.0523. The number of amides is 2. The molecule has 0 aliphatic rings. The number of alkyl carbamates (subject to hydrolysis) is 2. The van der Waals surface area contributed by atoms with E-state index in [4.69, 9.17) is 15.9 Å². The van der Waals surface area contributed by atoms with Gasteiger partial charge in [0.1, 0.15) is 11.2 Å². The van der Waals surface area contributed by atoms with Crippen LogP contribution in [0.15, 0.2) is 102 Å². The first-order valence-corrected chi connectivity index (χ1v) is 15.6. The normalized spacial score (nSPS) is 10.2. The van der Waals surface area contributed by atoms with Gasteiger partial charge in [-0.25, -0.2) is 9.59 Å². The summed E-state index contributed by atoms with van der Waals surface area (Å²) < 4.78 is 11.1. The average Bonchev–Trinajstić information content (AvgIpc) is 3.02. The van der Waals surface area contributed by atoms with E-state index < -0.39 is 23.4 Å². The summed E-state index contributed by atoms with van der Waals surface area (Å²) in [6, 6.07) is 24.2. The lowest BCUT2D eigenvalue weighted by Crippen LogP contribution is -2.32. The molecule has 244 valence electrons. The van der Waals surface area contributed by atoms with E-state index in [1.165, 1.54) is 11.1 Å². The lowest BCUT2D eigenvalue weighted by Gasteiger charge is -2.19. The summed E-state index contributed by atoms with van der Waals surface area (Å²) in [5, 5.41) is 5.01. The summed E-state index contributed by atoms with van der Waals surface area (Å²) in [5.74, 6) is 8.25. The Kier molecular flexibility index (Phi) is 15.7. The minimum absolute atomic E-state index is 0.203. The van der Waals surface area contributed by atoms with Crippen LogP contribution in [0.5, 0.6) is 0 Å². The Balaban J connectivity index is 0.000000270. The first-order valence-electron chi connectivity index (χ1n) is 14.8. The molecule has 0 spiro atoms. The second-order valence-electron chi connectivity index (χ2n) is 11.7. The zero-order chi connectivity index (χ0) is 34.7. The number of terminal acetylenes is 1. The number of rotatable bonds is 4. The van der Waals surface area contributed by atoms with Crippen LogP contribution >= 0.6 is 15.9 Å². The van der Waals surface area contributed by atoms with Crippen molar-refractivity contribution in [3.05, 3.63) is 108 Å². The van der Waals surface area contributed by atoms with Crippen LogP contribution < -0.4 is 10.6 Å². The summed E-state index contributed by atoms with van der Waals surface area (Å²) in [6.45, 7) is 11.3. The van der Waals surface area contributed by atoms with Crippen molar-refractivity contribution in [3.8, 4) is 46.4 Å². The third-order valence-electron chi connectivity index (χ3n) is 5.44. The fourth-order valence-corrected chi connectivity index (χ4v) is 4.08. The van der Waals surface area contributed by atoms with Crippen LogP contribution in [0.1, 0.15) is 47.1 Å². The van der Waals surface area contributed by atoms with Crippen LogP contribution in [0.25, 0.3) is 22.3 Å². The number of hydrogen-bond acceptors (Lipinski definition) is 6. The molecule has 2 N–H and O–H groups in total. The van der Waals surface area contributed by atoms with Crippen LogP contribution in [0, 0.1) is 24.2 Å². The van der Waals surface area contributed by atoms with Crippen LogP contribution in [0.2, 0.25) is 0 Å². The zero-order valence-electron chi connectivity index (χ0n) is 27.6. The molecule has 0 atom stereocenters. The van der Waals surface area contributed by atoms with Crippen molar-refractivity contribution in [1.29, 1.82) is 0 Å². The van der Waals surface area contributed by atoms with Crippen molar-refractivity contribution in [2.75, 3.05) is 13.1 Å². The molecule has 4 aromatic rings. The molecule has 47 heavy (non-hydrogen) atoms. The van der Waals surface area contributed by atoms with Crippen molar-refractivity contribution in [1.82, 2.24) is 20.6 Å². The van der Waals surface area contributed by atoms with E-state index in [9.17, 15) is 9.59 Å². The maximum absolute atomic E-state index is 11.5. The van der Waals surface area contributed by atoms with Crippen LogP contribution in [-0.2, 0) is 9.47 Å². The van der Waals surface area contributed by atoms with E-state index in [1.54, 1.807) is 39.4 Å². The summed E-state index contributed by atoms with van der Waals surface area (Å²) in [5.41, 5.74) is 4.33. The van der Waals surface area contributed by atoms with E-state index in [2.05, 4.69) is 66.4 Å². The van der Waals surface area contributed by atoms with Gasteiger partial charge in [-0.1, -0.05) is 78.4 Å². The van der Waals surface area contributed by atoms with Gasteiger partial charge in [0.05, 0.1) is 18.7 Å². The molecule has 0 fully saturated rings. The highest BCUT2D eigenvalue weighted by molar-refractivity contribution is 9.10. The number of nitrogens with zero attached hydrogens (tertiary/aromatic N) is 2. The number of hydrogen-bond donors (Lipinski definition) is 2. The highest BCUT2D eigenvalue weighted by Crippen LogP contribution is 2.26. The van der Waals surface area contributed by atoms with E-state index in [1.807, 2.05) is 87.6 Å². The number of carbonyl (C=O) groups excluding carboxylic acids is 2. The first kappa shape index (κ1) is 38.1. The number of benzene rings is 2. The largest absolute Gasteiger partial charge is 0.444 e. The summed E-state index contributed by atoms with van der Waals surface area (Å²) >= 11 is 3.47. The summed E-state index contributed by atoms with van der Waals surface area (Å²) in [4.78, 5) is 30.5. The summed E-state index contributed by atoms with van der Waals surface area (Å²) in [6.07, 6.45) is 11.0. The maximum atomic E-state index is 11.5. The molecule has 8 nitrogen and oxygen atoms in total.